The van der Waals surface area contributed by atoms with Gasteiger partial charge < -0.3 is 14.3 Å². The molecule has 1 aromatic carbocycles. The van der Waals surface area contributed by atoms with Crippen LogP contribution in [0.3, 0.4) is 0 Å². The SMILES string of the molecule is O=C(Oc1ccc(C2NC(C(=O)O)CS2)cc1)c1ccco1. The number of hydrogen-bond donors (Lipinski definition) is 2. The quantitative estimate of drug-likeness (QED) is 0.660. The number of carbonyl (C=O) groups excluding carboxylic acids is 1. The standard InChI is InChI=1S/C15H13NO5S/c17-14(18)11-8-22-13(16-11)9-3-5-10(6-4-9)21-15(19)12-2-1-7-20-12/h1-7,11,13,16H,8H2,(H,17,18). The van der Waals surface area contributed by atoms with Gasteiger partial charge in [-0.25, -0.2) is 4.79 Å². The number of furan rings is 1. The second kappa shape index (κ2) is 6.25. The normalized spacial score (nSPS) is 20.7. The molecule has 1 aliphatic heterocycles. The summed E-state index contributed by atoms with van der Waals surface area (Å²) in [5, 5.41) is 11.9. The maximum atomic E-state index is 11.7. The van der Waals surface area contributed by atoms with Gasteiger partial charge >= 0.3 is 11.9 Å². The Morgan fingerprint density at radius 3 is 2.64 bits per heavy atom. The second-order valence-electron chi connectivity index (χ2n) is 4.71. The molecule has 1 saturated heterocycles. The summed E-state index contributed by atoms with van der Waals surface area (Å²) in [5.74, 6) is -0.338. The molecule has 6 nitrogen and oxygen atoms in total. The highest BCUT2D eigenvalue weighted by atomic mass is 32.2. The van der Waals surface area contributed by atoms with Crippen LogP contribution in [0.25, 0.3) is 0 Å². The molecule has 2 atom stereocenters. The van der Waals surface area contributed by atoms with Crippen LogP contribution in [0.1, 0.15) is 21.5 Å². The average molecular weight is 319 g/mol. The molecule has 1 aliphatic rings. The van der Waals surface area contributed by atoms with Gasteiger partial charge in [0.25, 0.3) is 0 Å². The first-order valence-corrected chi connectivity index (χ1v) is 7.64. The van der Waals surface area contributed by atoms with Crippen LogP contribution < -0.4 is 10.1 Å². The third-order valence-electron chi connectivity index (χ3n) is 3.20. The molecule has 3 rings (SSSR count). The van der Waals surface area contributed by atoms with E-state index in [-0.39, 0.29) is 11.1 Å². The minimum Gasteiger partial charge on any atom is -0.480 e. The van der Waals surface area contributed by atoms with E-state index in [1.807, 2.05) is 0 Å². The number of rotatable bonds is 4. The van der Waals surface area contributed by atoms with Gasteiger partial charge in [-0.05, 0) is 29.8 Å². The van der Waals surface area contributed by atoms with Crippen molar-refractivity contribution >= 4 is 23.7 Å². The molecule has 2 unspecified atom stereocenters. The number of nitrogens with one attached hydrogen (secondary N) is 1. The van der Waals surface area contributed by atoms with Crippen molar-refractivity contribution in [3.8, 4) is 5.75 Å². The summed E-state index contributed by atoms with van der Waals surface area (Å²) in [6.07, 6.45) is 1.40. The maximum Gasteiger partial charge on any atom is 0.379 e. The zero-order chi connectivity index (χ0) is 15.5. The third kappa shape index (κ3) is 3.15. The molecule has 0 aliphatic carbocycles. The highest BCUT2D eigenvalue weighted by molar-refractivity contribution is 7.99. The molecule has 7 heteroatoms. The number of ether oxygens (including phenoxy) is 1. The smallest absolute Gasteiger partial charge is 0.379 e. The molecule has 0 amide bonds. The molecule has 2 aromatic rings. The number of hydrogen-bond acceptors (Lipinski definition) is 6. The fraction of sp³-hybridized carbons (Fsp3) is 0.200. The van der Waals surface area contributed by atoms with Gasteiger partial charge in [0.05, 0.1) is 11.6 Å². The van der Waals surface area contributed by atoms with E-state index in [0.717, 1.165) is 5.56 Å². The predicted molar refractivity (Wildman–Crippen MR) is 79.9 cm³/mol. The van der Waals surface area contributed by atoms with Gasteiger partial charge in [-0.3, -0.25) is 10.1 Å². The summed E-state index contributed by atoms with van der Waals surface area (Å²) < 4.78 is 10.1. The first-order valence-electron chi connectivity index (χ1n) is 6.59. The number of aliphatic carboxylic acids is 1. The van der Waals surface area contributed by atoms with Crippen molar-refractivity contribution in [1.29, 1.82) is 0 Å². The van der Waals surface area contributed by atoms with Crippen LogP contribution in [0.4, 0.5) is 0 Å². The summed E-state index contributed by atoms with van der Waals surface area (Å²) in [6.45, 7) is 0. The number of thioether (sulfide) groups is 1. The van der Waals surface area contributed by atoms with Crippen molar-refractivity contribution in [2.24, 2.45) is 0 Å². The average Bonchev–Trinajstić information content (AvgIpc) is 3.20. The largest absolute Gasteiger partial charge is 0.480 e. The lowest BCUT2D eigenvalue weighted by Crippen LogP contribution is -2.33. The zero-order valence-electron chi connectivity index (χ0n) is 11.4. The van der Waals surface area contributed by atoms with Gasteiger partial charge in [0.1, 0.15) is 11.8 Å². The maximum absolute atomic E-state index is 11.7. The Morgan fingerprint density at radius 1 is 1.27 bits per heavy atom. The summed E-state index contributed by atoms with van der Waals surface area (Å²) in [6, 6.07) is 9.56. The number of esters is 1. The van der Waals surface area contributed by atoms with Crippen molar-refractivity contribution < 1.29 is 23.8 Å². The van der Waals surface area contributed by atoms with Gasteiger partial charge in [-0.15, -0.1) is 11.8 Å². The number of benzene rings is 1. The van der Waals surface area contributed by atoms with Crippen LogP contribution in [0, 0.1) is 0 Å². The third-order valence-corrected chi connectivity index (χ3v) is 4.46. The molecule has 2 N–H and O–H groups in total. The van der Waals surface area contributed by atoms with Crippen LogP contribution in [0.15, 0.2) is 47.1 Å². The minimum atomic E-state index is -0.848. The van der Waals surface area contributed by atoms with E-state index in [1.165, 1.54) is 24.1 Å². The molecule has 0 spiro atoms. The molecule has 1 fully saturated rings. The first-order chi connectivity index (χ1) is 10.6. The zero-order valence-corrected chi connectivity index (χ0v) is 12.2. The topological polar surface area (TPSA) is 88.8 Å². The van der Waals surface area contributed by atoms with Gasteiger partial charge in [0.15, 0.2) is 0 Å². The van der Waals surface area contributed by atoms with Gasteiger partial charge in [0.2, 0.25) is 5.76 Å². The summed E-state index contributed by atoms with van der Waals surface area (Å²) in [4.78, 5) is 22.7. The lowest BCUT2D eigenvalue weighted by Gasteiger charge is -2.11. The van der Waals surface area contributed by atoms with E-state index in [9.17, 15) is 9.59 Å². The van der Waals surface area contributed by atoms with Crippen LogP contribution in [0.2, 0.25) is 0 Å². The molecule has 0 radical (unpaired) electrons. The van der Waals surface area contributed by atoms with E-state index >= 15 is 0 Å². The Kier molecular flexibility index (Phi) is 4.17. The summed E-state index contributed by atoms with van der Waals surface area (Å²) in [7, 11) is 0. The van der Waals surface area contributed by atoms with Crippen LogP contribution >= 0.6 is 11.8 Å². The van der Waals surface area contributed by atoms with Crippen LogP contribution in [-0.4, -0.2) is 28.8 Å². The lowest BCUT2D eigenvalue weighted by atomic mass is 10.2. The van der Waals surface area contributed by atoms with E-state index in [1.54, 1.807) is 30.3 Å². The summed E-state index contributed by atoms with van der Waals surface area (Å²) >= 11 is 1.53. The Morgan fingerprint density at radius 2 is 2.05 bits per heavy atom. The Hall–Kier alpha value is -2.25. The molecular weight excluding hydrogens is 306 g/mol. The summed E-state index contributed by atoms with van der Waals surface area (Å²) in [5.41, 5.74) is 0.937. The van der Waals surface area contributed by atoms with E-state index in [2.05, 4.69) is 5.32 Å². The minimum absolute atomic E-state index is 0.0732. The molecule has 114 valence electrons. The molecular formula is C15H13NO5S. The van der Waals surface area contributed by atoms with Crippen molar-refractivity contribution in [3.05, 3.63) is 54.0 Å². The van der Waals surface area contributed by atoms with Gasteiger partial charge in [-0.2, -0.15) is 0 Å². The number of carboxylic acid groups (broad SMARTS) is 1. The fourth-order valence-electron chi connectivity index (χ4n) is 2.07. The molecule has 0 saturated carbocycles. The number of carbonyl (C=O) groups is 2. The van der Waals surface area contributed by atoms with Crippen molar-refractivity contribution in [2.45, 2.75) is 11.4 Å². The van der Waals surface area contributed by atoms with Crippen molar-refractivity contribution in [3.63, 3.8) is 0 Å². The monoisotopic (exact) mass is 319 g/mol. The Balaban J connectivity index is 1.63. The first kappa shape index (κ1) is 14.7. The Labute approximate surface area is 130 Å². The van der Waals surface area contributed by atoms with Gasteiger partial charge in [0, 0.05) is 5.75 Å². The molecule has 2 heterocycles. The highest BCUT2D eigenvalue weighted by Crippen LogP contribution is 2.33. The van der Waals surface area contributed by atoms with Crippen LogP contribution in [0.5, 0.6) is 5.75 Å². The van der Waals surface area contributed by atoms with Crippen LogP contribution in [-0.2, 0) is 4.79 Å². The van der Waals surface area contributed by atoms with Gasteiger partial charge in [-0.1, -0.05) is 12.1 Å². The van der Waals surface area contributed by atoms with E-state index in [4.69, 9.17) is 14.3 Å². The molecule has 1 aromatic heterocycles. The van der Waals surface area contributed by atoms with Crippen molar-refractivity contribution in [1.82, 2.24) is 5.32 Å². The number of carboxylic acids is 1. The fourth-order valence-corrected chi connectivity index (χ4v) is 3.30. The Bertz CT molecular complexity index is 668. The molecule has 0 bridgehead atoms. The highest BCUT2D eigenvalue weighted by Gasteiger charge is 2.30. The lowest BCUT2D eigenvalue weighted by molar-refractivity contribution is -0.138. The molecule has 22 heavy (non-hydrogen) atoms. The predicted octanol–water partition coefficient (Wildman–Crippen LogP) is 2.29. The van der Waals surface area contributed by atoms with E-state index < -0.39 is 18.0 Å². The second-order valence-corrected chi connectivity index (χ2v) is 5.84. The van der Waals surface area contributed by atoms with Crippen molar-refractivity contribution in [2.75, 3.05) is 5.75 Å². The van der Waals surface area contributed by atoms with E-state index in [0.29, 0.717) is 11.5 Å².